The number of hydrogen-bond donors (Lipinski definition) is 1. The Morgan fingerprint density at radius 1 is 1.39 bits per heavy atom. The number of carbonyl (C=O) groups is 1. The Labute approximate surface area is 116 Å². The van der Waals surface area contributed by atoms with E-state index < -0.39 is 0 Å². The maximum atomic E-state index is 11.4. The van der Waals surface area contributed by atoms with Crippen molar-refractivity contribution in [2.45, 2.75) is 33.1 Å². The molecule has 0 atom stereocenters. The standard InChI is InChI=1S/C15H23NOS/c1-11(2)13-6-5-12(3)14(9-13)7-8-16(4)15(17)10-18/h5-6,9,11,18H,7-8,10H2,1-4H3. The van der Waals surface area contributed by atoms with Gasteiger partial charge in [-0.2, -0.15) is 12.6 Å². The molecular formula is C15H23NOS. The Bertz CT molecular complexity index is 415. The van der Waals surface area contributed by atoms with Crippen LogP contribution in [0.1, 0.15) is 36.5 Å². The average molecular weight is 265 g/mol. The fourth-order valence-corrected chi connectivity index (χ4v) is 2.09. The number of benzene rings is 1. The molecule has 0 bridgehead atoms. The van der Waals surface area contributed by atoms with Crippen LogP contribution in [-0.4, -0.2) is 30.2 Å². The Morgan fingerprint density at radius 3 is 2.61 bits per heavy atom. The number of likely N-dealkylation sites (N-methyl/N-ethyl adjacent to an activating group) is 1. The van der Waals surface area contributed by atoms with Gasteiger partial charge in [0, 0.05) is 13.6 Å². The molecule has 0 saturated heterocycles. The summed E-state index contributed by atoms with van der Waals surface area (Å²) in [4.78, 5) is 13.2. The smallest absolute Gasteiger partial charge is 0.232 e. The van der Waals surface area contributed by atoms with Crippen LogP contribution in [-0.2, 0) is 11.2 Å². The van der Waals surface area contributed by atoms with Crippen LogP contribution in [0, 0.1) is 6.92 Å². The zero-order valence-electron chi connectivity index (χ0n) is 11.7. The van der Waals surface area contributed by atoms with Gasteiger partial charge in [0.25, 0.3) is 0 Å². The van der Waals surface area contributed by atoms with Crippen molar-refractivity contribution in [3.63, 3.8) is 0 Å². The van der Waals surface area contributed by atoms with Gasteiger partial charge in [0.15, 0.2) is 0 Å². The highest BCUT2D eigenvalue weighted by atomic mass is 32.1. The average Bonchev–Trinajstić information content (AvgIpc) is 2.36. The topological polar surface area (TPSA) is 20.3 Å². The summed E-state index contributed by atoms with van der Waals surface area (Å²) in [5.41, 5.74) is 3.99. The first-order valence-corrected chi connectivity index (χ1v) is 7.03. The van der Waals surface area contributed by atoms with Gasteiger partial charge < -0.3 is 4.90 Å². The lowest BCUT2D eigenvalue weighted by molar-refractivity contribution is -0.127. The van der Waals surface area contributed by atoms with Gasteiger partial charge >= 0.3 is 0 Å². The van der Waals surface area contributed by atoms with Crippen molar-refractivity contribution in [1.82, 2.24) is 4.90 Å². The molecule has 1 rings (SSSR count). The maximum Gasteiger partial charge on any atom is 0.232 e. The third kappa shape index (κ3) is 4.05. The molecule has 100 valence electrons. The zero-order chi connectivity index (χ0) is 13.7. The molecule has 0 heterocycles. The molecule has 0 N–H and O–H groups in total. The molecule has 0 aliphatic heterocycles. The van der Waals surface area contributed by atoms with Crippen LogP contribution in [0.4, 0.5) is 0 Å². The number of hydrogen-bond acceptors (Lipinski definition) is 2. The van der Waals surface area contributed by atoms with Crippen molar-refractivity contribution in [2.24, 2.45) is 0 Å². The van der Waals surface area contributed by atoms with E-state index in [2.05, 4.69) is 51.6 Å². The summed E-state index contributed by atoms with van der Waals surface area (Å²) < 4.78 is 0. The van der Waals surface area contributed by atoms with Crippen LogP contribution in [0.2, 0.25) is 0 Å². The van der Waals surface area contributed by atoms with Crippen molar-refractivity contribution in [3.05, 3.63) is 34.9 Å². The number of nitrogens with zero attached hydrogens (tertiary/aromatic N) is 1. The quantitative estimate of drug-likeness (QED) is 0.811. The second kappa shape index (κ2) is 6.83. The lowest BCUT2D eigenvalue weighted by atomic mass is 9.96. The van der Waals surface area contributed by atoms with E-state index >= 15 is 0 Å². The van der Waals surface area contributed by atoms with Gasteiger partial charge in [0.1, 0.15) is 0 Å². The first-order chi connectivity index (χ1) is 8.45. The molecule has 3 heteroatoms. The summed E-state index contributed by atoms with van der Waals surface area (Å²) in [5, 5.41) is 0. The van der Waals surface area contributed by atoms with Crippen molar-refractivity contribution < 1.29 is 4.79 Å². The van der Waals surface area contributed by atoms with Crippen LogP contribution in [0.25, 0.3) is 0 Å². The van der Waals surface area contributed by atoms with E-state index in [1.807, 2.05) is 7.05 Å². The van der Waals surface area contributed by atoms with E-state index in [4.69, 9.17) is 0 Å². The normalized spacial score (nSPS) is 10.8. The van der Waals surface area contributed by atoms with E-state index in [1.54, 1.807) is 4.90 Å². The monoisotopic (exact) mass is 265 g/mol. The van der Waals surface area contributed by atoms with Gasteiger partial charge in [0.05, 0.1) is 5.75 Å². The molecule has 1 amide bonds. The van der Waals surface area contributed by atoms with Gasteiger partial charge in [-0.15, -0.1) is 0 Å². The van der Waals surface area contributed by atoms with E-state index in [-0.39, 0.29) is 11.7 Å². The SMILES string of the molecule is Cc1ccc(C(C)C)cc1CCN(C)C(=O)CS. The number of aryl methyl sites for hydroxylation is 1. The van der Waals surface area contributed by atoms with E-state index in [9.17, 15) is 4.79 Å². The van der Waals surface area contributed by atoms with Crippen LogP contribution < -0.4 is 0 Å². The maximum absolute atomic E-state index is 11.4. The molecule has 0 spiro atoms. The van der Waals surface area contributed by atoms with Crippen LogP contribution in [0.5, 0.6) is 0 Å². The Hall–Kier alpha value is -0.960. The van der Waals surface area contributed by atoms with Gasteiger partial charge in [-0.1, -0.05) is 32.0 Å². The highest BCUT2D eigenvalue weighted by Gasteiger charge is 2.08. The number of rotatable bonds is 5. The second-order valence-corrected chi connectivity index (χ2v) is 5.38. The molecule has 1 aromatic rings. The molecule has 0 saturated carbocycles. The highest BCUT2D eigenvalue weighted by molar-refractivity contribution is 7.81. The fraction of sp³-hybridized carbons (Fsp3) is 0.533. The minimum atomic E-state index is 0.0796. The van der Waals surface area contributed by atoms with Crippen molar-refractivity contribution in [2.75, 3.05) is 19.3 Å². The molecule has 0 unspecified atom stereocenters. The molecular weight excluding hydrogens is 242 g/mol. The Balaban J connectivity index is 2.72. The second-order valence-electron chi connectivity index (χ2n) is 5.06. The first-order valence-electron chi connectivity index (χ1n) is 6.40. The number of thiol groups is 1. The summed E-state index contributed by atoms with van der Waals surface area (Å²) in [6.45, 7) is 7.28. The third-order valence-electron chi connectivity index (χ3n) is 3.32. The van der Waals surface area contributed by atoms with Gasteiger partial charge in [-0.25, -0.2) is 0 Å². The predicted molar refractivity (Wildman–Crippen MR) is 80.5 cm³/mol. The Morgan fingerprint density at radius 2 is 2.06 bits per heavy atom. The third-order valence-corrected chi connectivity index (χ3v) is 3.59. The van der Waals surface area contributed by atoms with E-state index in [0.29, 0.717) is 5.92 Å². The molecule has 1 aromatic carbocycles. The molecule has 0 radical (unpaired) electrons. The molecule has 0 fully saturated rings. The van der Waals surface area contributed by atoms with Crippen LogP contribution >= 0.6 is 12.6 Å². The van der Waals surface area contributed by atoms with Crippen LogP contribution in [0.3, 0.4) is 0 Å². The fourth-order valence-electron chi connectivity index (χ4n) is 1.85. The number of amides is 1. The first kappa shape index (κ1) is 15.1. The van der Waals surface area contributed by atoms with Crippen molar-refractivity contribution in [3.8, 4) is 0 Å². The summed E-state index contributed by atoms with van der Waals surface area (Å²) in [7, 11) is 1.83. The zero-order valence-corrected chi connectivity index (χ0v) is 12.6. The highest BCUT2D eigenvalue weighted by Crippen LogP contribution is 2.19. The van der Waals surface area contributed by atoms with Crippen LogP contribution in [0.15, 0.2) is 18.2 Å². The minimum absolute atomic E-state index is 0.0796. The van der Waals surface area contributed by atoms with Gasteiger partial charge in [-0.05, 0) is 36.0 Å². The summed E-state index contributed by atoms with van der Waals surface area (Å²) in [5.74, 6) is 0.902. The van der Waals surface area contributed by atoms with Crippen molar-refractivity contribution >= 4 is 18.5 Å². The minimum Gasteiger partial charge on any atom is -0.345 e. The number of carbonyl (C=O) groups excluding carboxylic acids is 1. The summed E-state index contributed by atoms with van der Waals surface area (Å²) >= 11 is 4.01. The molecule has 18 heavy (non-hydrogen) atoms. The lowest BCUT2D eigenvalue weighted by Crippen LogP contribution is -2.29. The predicted octanol–water partition coefficient (Wildman–Crippen LogP) is 3.05. The molecule has 0 aromatic heterocycles. The largest absolute Gasteiger partial charge is 0.345 e. The summed E-state index contributed by atoms with van der Waals surface area (Å²) in [6.07, 6.45) is 0.905. The molecule has 0 aliphatic rings. The van der Waals surface area contributed by atoms with Gasteiger partial charge in [0.2, 0.25) is 5.91 Å². The lowest BCUT2D eigenvalue weighted by Gasteiger charge is -2.17. The summed E-state index contributed by atoms with van der Waals surface area (Å²) in [6, 6.07) is 6.62. The molecule has 0 aliphatic carbocycles. The van der Waals surface area contributed by atoms with Crippen molar-refractivity contribution in [1.29, 1.82) is 0 Å². The molecule has 2 nitrogen and oxygen atoms in total. The van der Waals surface area contributed by atoms with Gasteiger partial charge in [-0.3, -0.25) is 4.79 Å². The van der Waals surface area contributed by atoms with E-state index in [1.165, 1.54) is 16.7 Å². The Kier molecular flexibility index (Phi) is 5.73. The van der Waals surface area contributed by atoms with E-state index in [0.717, 1.165) is 13.0 Å².